The summed E-state index contributed by atoms with van der Waals surface area (Å²) >= 11 is 0. The van der Waals surface area contributed by atoms with Crippen LogP contribution in [0.3, 0.4) is 0 Å². The molecule has 0 amide bonds. The highest BCUT2D eigenvalue weighted by Gasteiger charge is 2.28. The maximum absolute atomic E-state index is 13.3. The Balaban J connectivity index is 1.71. The zero-order valence-electron chi connectivity index (χ0n) is 19.6. The van der Waals surface area contributed by atoms with Crippen molar-refractivity contribution in [3.8, 4) is 11.3 Å². The van der Waals surface area contributed by atoms with E-state index >= 15 is 0 Å². The molecule has 194 valence electrons. The number of aromatic nitrogens is 3. The summed E-state index contributed by atoms with van der Waals surface area (Å²) in [5.74, 6) is -0.530. The summed E-state index contributed by atoms with van der Waals surface area (Å²) in [5, 5.41) is 10.5. The van der Waals surface area contributed by atoms with E-state index in [0.717, 1.165) is 0 Å². The highest BCUT2D eigenvalue weighted by molar-refractivity contribution is 7.89. The van der Waals surface area contributed by atoms with Crippen molar-refractivity contribution in [1.82, 2.24) is 15.0 Å². The number of benzene rings is 2. The Labute approximate surface area is 210 Å². The molecule has 0 saturated heterocycles. The van der Waals surface area contributed by atoms with Crippen LogP contribution in [0.25, 0.3) is 22.3 Å². The van der Waals surface area contributed by atoms with Crippen LogP contribution in [-0.2, 0) is 10.0 Å². The van der Waals surface area contributed by atoms with Crippen LogP contribution in [-0.4, -0.2) is 36.1 Å². The quantitative estimate of drug-likeness (QED) is 0.287. The Morgan fingerprint density at radius 3 is 2.32 bits per heavy atom. The van der Waals surface area contributed by atoms with Gasteiger partial charge in [0.05, 0.1) is 22.1 Å². The van der Waals surface area contributed by atoms with Crippen LogP contribution in [0, 0.1) is 12.7 Å². The first-order chi connectivity index (χ1) is 17.3. The molecule has 37 heavy (non-hydrogen) atoms. The third kappa shape index (κ3) is 6.30. The molecule has 0 fully saturated rings. The summed E-state index contributed by atoms with van der Waals surface area (Å²) in [5.41, 5.74) is 2.71. The molecule has 0 aliphatic rings. The van der Waals surface area contributed by atoms with Gasteiger partial charge in [0.15, 0.2) is 5.82 Å². The molecule has 4 aromatic rings. The van der Waals surface area contributed by atoms with Gasteiger partial charge in [0.25, 0.3) is 0 Å². The van der Waals surface area contributed by atoms with Gasteiger partial charge >= 0.3 is 6.18 Å². The molecule has 0 spiro atoms. The van der Waals surface area contributed by atoms with Crippen LogP contribution in [0.1, 0.15) is 24.1 Å². The van der Waals surface area contributed by atoms with E-state index in [-0.39, 0.29) is 27.7 Å². The third-order valence-electron chi connectivity index (χ3n) is 5.52. The molecule has 4 rings (SSSR count). The number of rotatable bonds is 7. The summed E-state index contributed by atoms with van der Waals surface area (Å²) in [6, 6.07) is 12.7. The van der Waals surface area contributed by atoms with Gasteiger partial charge in [-0.1, -0.05) is 6.07 Å². The highest BCUT2D eigenvalue weighted by Crippen LogP contribution is 2.29. The Morgan fingerprint density at radius 2 is 1.70 bits per heavy atom. The first-order valence-corrected chi connectivity index (χ1v) is 12.5. The van der Waals surface area contributed by atoms with E-state index in [1.54, 1.807) is 32.0 Å². The Bertz CT molecular complexity index is 1560. The number of pyridine rings is 1. The number of aryl methyl sites for hydroxylation is 1. The van der Waals surface area contributed by atoms with Gasteiger partial charge in [-0.15, -0.1) is 0 Å². The molecular formula is C24H22F4N6O2S. The highest BCUT2D eigenvalue weighted by atomic mass is 32.2. The molecule has 0 bridgehead atoms. The van der Waals surface area contributed by atoms with E-state index in [0.29, 0.717) is 22.4 Å². The van der Waals surface area contributed by atoms with Crippen molar-refractivity contribution in [1.29, 1.82) is 0 Å². The second-order valence-electron chi connectivity index (χ2n) is 8.37. The minimum absolute atomic E-state index is 0.0374. The number of nitrogens with one attached hydrogen (secondary N) is 2. The second-order valence-corrected chi connectivity index (χ2v) is 9.93. The van der Waals surface area contributed by atoms with E-state index in [9.17, 15) is 26.0 Å². The van der Waals surface area contributed by atoms with Crippen molar-refractivity contribution in [2.75, 3.05) is 17.2 Å². The first-order valence-electron chi connectivity index (χ1n) is 11.0. The summed E-state index contributed by atoms with van der Waals surface area (Å²) < 4.78 is 75.5. The number of nitrogens with two attached hydrogens (primary N) is 1. The number of anilines is 2. The summed E-state index contributed by atoms with van der Waals surface area (Å²) in [6.45, 7) is 2.14. The predicted octanol–water partition coefficient (Wildman–Crippen LogP) is 4.93. The number of sulfonamides is 1. The number of primary sulfonamides is 1. The van der Waals surface area contributed by atoms with Crippen molar-refractivity contribution in [2.45, 2.75) is 31.0 Å². The third-order valence-corrected chi connectivity index (χ3v) is 6.43. The van der Waals surface area contributed by atoms with Gasteiger partial charge < -0.3 is 10.6 Å². The largest absolute Gasteiger partial charge is 0.405 e. The van der Waals surface area contributed by atoms with Gasteiger partial charge in [0.1, 0.15) is 17.9 Å². The van der Waals surface area contributed by atoms with Gasteiger partial charge in [-0.05, 0) is 73.5 Å². The molecule has 13 heteroatoms. The summed E-state index contributed by atoms with van der Waals surface area (Å²) in [7, 11) is -3.87. The lowest BCUT2D eigenvalue weighted by molar-refractivity contribution is -0.115. The molecular weight excluding hydrogens is 512 g/mol. The molecule has 8 nitrogen and oxygen atoms in total. The molecule has 0 aliphatic heterocycles. The molecule has 2 heterocycles. The molecule has 0 aliphatic carbocycles. The lowest BCUT2D eigenvalue weighted by Gasteiger charge is -2.19. The lowest BCUT2D eigenvalue weighted by atomic mass is 10.0. The zero-order valence-corrected chi connectivity index (χ0v) is 20.5. The topological polar surface area (TPSA) is 123 Å². The zero-order chi connectivity index (χ0) is 27.0. The standard InChI is InChI=1S/C24H22F4N6O2S/c1-13-11-17(37(29,35)36)7-8-18(13)14(2)31-23-33-20-10-9-19(15-3-5-16(25)6-4-15)32-21(20)22(34-23)30-12-24(26,27)28/h3-11,14H,12H2,1-2H3,(H2,29,35,36)(H2,30,31,33,34). The minimum atomic E-state index is -4.51. The van der Waals surface area contributed by atoms with Crippen LogP contribution >= 0.6 is 0 Å². The number of halogens is 4. The fraction of sp³-hybridized carbons (Fsp3) is 0.208. The number of alkyl halides is 3. The van der Waals surface area contributed by atoms with Crippen molar-refractivity contribution in [3.05, 3.63) is 71.5 Å². The number of hydrogen-bond acceptors (Lipinski definition) is 7. The first kappa shape index (κ1) is 26.2. The van der Waals surface area contributed by atoms with Gasteiger partial charge in [-0.2, -0.15) is 18.2 Å². The van der Waals surface area contributed by atoms with Gasteiger partial charge in [-0.25, -0.2) is 27.9 Å². The Kier molecular flexibility index (Phi) is 7.02. The van der Waals surface area contributed by atoms with Crippen LogP contribution < -0.4 is 15.8 Å². The summed E-state index contributed by atoms with van der Waals surface area (Å²) in [6.07, 6.45) is -4.51. The molecule has 1 unspecified atom stereocenters. The van der Waals surface area contributed by atoms with E-state index in [2.05, 4.69) is 25.6 Å². The lowest BCUT2D eigenvalue weighted by Crippen LogP contribution is -2.22. The average molecular weight is 535 g/mol. The van der Waals surface area contributed by atoms with Crippen molar-refractivity contribution in [2.24, 2.45) is 5.14 Å². The minimum Gasteiger partial charge on any atom is -0.359 e. The van der Waals surface area contributed by atoms with E-state index in [1.165, 1.54) is 36.4 Å². The molecule has 4 N–H and O–H groups in total. The Morgan fingerprint density at radius 1 is 1.00 bits per heavy atom. The van der Waals surface area contributed by atoms with Crippen LogP contribution in [0.5, 0.6) is 0 Å². The van der Waals surface area contributed by atoms with Crippen molar-refractivity contribution < 1.29 is 26.0 Å². The fourth-order valence-corrected chi connectivity index (χ4v) is 4.35. The molecule has 0 radical (unpaired) electrons. The Hall–Kier alpha value is -3.84. The number of fused-ring (bicyclic) bond motifs is 1. The smallest absolute Gasteiger partial charge is 0.359 e. The van der Waals surface area contributed by atoms with Crippen LogP contribution in [0.4, 0.5) is 29.3 Å². The maximum Gasteiger partial charge on any atom is 0.405 e. The molecule has 0 saturated carbocycles. The maximum atomic E-state index is 13.3. The molecule has 2 aromatic heterocycles. The molecule has 1 atom stereocenters. The van der Waals surface area contributed by atoms with E-state index in [1.807, 2.05) is 0 Å². The normalized spacial score (nSPS) is 12.9. The van der Waals surface area contributed by atoms with Crippen LogP contribution in [0.2, 0.25) is 0 Å². The number of hydrogen-bond donors (Lipinski definition) is 3. The predicted molar refractivity (Wildman–Crippen MR) is 132 cm³/mol. The van der Waals surface area contributed by atoms with Gasteiger partial charge in [0.2, 0.25) is 16.0 Å². The van der Waals surface area contributed by atoms with E-state index < -0.39 is 34.6 Å². The van der Waals surface area contributed by atoms with Gasteiger partial charge in [0, 0.05) is 5.56 Å². The van der Waals surface area contributed by atoms with Crippen molar-refractivity contribution >= 4 is 32.8 Å². The summed E-state index contributed by atoms with van der Waals surface area (Å²) in [4.78, 5) is 13.0. The van der Waals surface area contributed by atoms with Crippen molar-refractivity contribution in [3.63, 3.8) is 0 Å². The average Bonchev–Trinajstić information content (AvgIpc) is 2.81. The number of nitrogens with zero attached hydrogens (tertiary/aromatic N) is 3. The van der Waals surface area contributed by atoms with Crippen LogP contribution in [0.15, 0.2) is 59.5 Å². The molecule has 2 aromatic carbocycles. The fourth-order valence-electron chi connectivity index (χ4n) is 3.75. The monoisotopic (exact) mass is 534 g/mol. The van der Waals surface area contributed by atoms with Gasteiger partial charge in [-0.3, -0.25) is 0 Å². The SMILES string of the molecule is Cc1cc(S(N)(=O)=O)ccc1C(C)Nc1nc(NCC(F)(F)F)c2nc(-c3ccc(F)cc3)ccc2n1. The second kappa shape index (κ2) is 9.90. The van der Waals surface area contributed by atoms with E-state index in [4.69, 9.17) is 5.14 Å².